The van der Waals surface area contributed by atoms with E-state index in [0.29, 0.717) is 0 Å². The van der Waals surface area contributed by atoms with Gasteiger partial charge in [0.25, 0.3) is 3.79 Å². The number of likely N-dealkylation sites (tertiary alicyclic amines) is 1. The molecule has 5 aliphatic rings. The molecule has 5 rings (SSSR count). The molecule has 1 spiro atoms. The zero-order valence-corrected chi connectivity index (χ0v) is 16.9. The standard InChI is InChI=1S/C19H20Cl3NO4/c1-23-7-6-17-10-2-3-12(24)14(17)27-15-13(17)9(8-11(10)23)4-5-18(15,26)16(25)19(20,21)22/h2-4,10-12,14,24,26H,5-8H2,1H3/t10-,11+,12-,14-,17-,18?/m0/s1. The predicted molar refractivity (Wildman–Crippen MR) is 102 cm³/mol. The molecule has 1 saturated carbocycles. The summed E-state index contributed by atoms with van der Waals surface area (Å²) in [6.07, 6.45) is 5.92. The Balaban J connectivity index is 1.72. The summed E-state index contributed by atoms with van der Waals surface area (Å²) in [4.78, 5) is 15.2. The number of piperidine rings is 1. The van der Waals surface area contributed by atoms with Crippen LogP contribution in [0.4, 0.5) is 0 Å². The number of rotatable bonds is 1. The number of halogens is 3. The van der Waals surface area contributed by atoms with Gasteiger partial charge >= 0.3 is 0 Å². The number of hydrogen-bond donors (Lipinski definition) is 2. The first kappa shape index (κ1) is 18.5. The van der Waals surface area contributed by atoms with Crippen LogP contribution in [-0.2, 0) is 9.53 Å². The molecule has 3 aliphatic carbocycles. The summed E-state index contributed by atoms with van der Waals surface area (Å²) in [5, 5.41) is 22.0. The SMILES string of the molecule is CN1CC[C@]23C4=C5O[C@H]2[C@@H](O)C=C[C@H]3[C@H]1CC4=CCC5(O)C(=O)C(Cl)(Cl)Cl. The third kappa shape index (κ3) is 2.16. The van der Waals surface area contributed by atoms with Gasteiger partial charge in [0, 0.05) is 29.4 Å². The molecule has 0 amide bonds. The third-order valence-corrected chi connectivity index (χ3v) is 7.64. The fourth-order valence-electron chi connectivity index (χ4n) is 5.93. The van der Waals surface area contributed by atoms with Crippen LogP contribution in [0, 0.1) is 11.3 Å². The summed E-state index contributed by atoms with van der Waals surface area (Å²) in [7, 11) is 2.11. The topological polar surface area (TPSA) is 70.0 Å². The molecular formula is C19H20Cl3NO4. The first-order valence-corrected chi connectivity index (χ1v) is 10.3. The largest absolute Gasteiger partial charge is 0.487 e. The van der Waals surface area contributed by atoms with Gasteiger partial charge < -0.3 is 19.8 Å². The van der Waals surface area contributed by atoms with Crippen molar-refractivity contribution in [3.05, 3.63) is 35.1 Å². The van der Waals surface area contributed by atoms with Crippen molar-refractivity contribution in [3.63, 3.8) is 0 Å². The fraction of sp³-hybridized carbons (Fsp3) is 0.632. The Morgan fingerprint density at radius 1 is 1.37 bits per heavy atom. The van der Waals surface area contributed by atoms with E-state index in [4.69, 9.17) is 39.5 Å². The molecule has 1 unspecified atom stereocenters. The maximum atomic E-state index is 12.8. The van der Waals surface area contributed by atoms with Crippen molar-refractivity contribution in [1.29, 1.82) is 0 Å². The van der Waals surface area contributed by atoms with Crippen LogP contribution in [0.25, 0.3) is 0 Å². The maximum Gasteiger partial charge on any atom is 0.252 e. The lowest BCUT2D eigenvalue weighted by atomic mass is 9.51. The van der Waals surface area contributed by atoms with Gasteiger partial charge in [-0.3, -0.25) is 4.79 Å². The van der Waals surface area contributed by atoms with E-state index in [1.54, 1.807) is 6.08 Å². The average Bonchev–Trinajstić information content (AvgIpc) is 2.96. The second-order valence-corrected chi connectivity index (χ2v) is 10.6. The second kappa shape index (κ2) is 5.53. The summed E-state index contributed by atoms with van der Waals surface area (Å²) >= 11 is 17.5. The van der Waals surface area contributed by atoms with E-state index in [2.05, 4.69) is 18.0 Å². The lowest BCUT2D eigenvalue weighted by molar-refractivity contribution is -0.140. The highest BCUT2D eigenvalue weighted by Crippen LogP contribution is 2.66. The van der Waals surface area contributed by atoms with E-state index >= 15 is 0 Å². The number of aliphatic hydroxyl groups is 2. The van der Waals surface area contributed by atoms with Crippen LogP contribution in [0.3, 0.4) is 0 Å². The van der Waals surface area contributed by atoms with E-state index in [1.807, 2.05) is 6.08 Å². The van der Waals surface area contributed by atoms with Crippen molar-refractivity contribution in [2.75, 3.05) is 13.6 Å². The molecule has 146 valence electrons. The number of alkyl halides is 3. The smallest absolute Gasteiger partial charge is 0.252 e. The van der Waals surface area contributed by atoms with Crippen molar-refractivity contribution in [3.8, 4) is 0 Å². The lowest BCUT2D eigenvalue weighted by Gasteiger charge is -2.58. The molecule has 6 atom stereocenters. The number of carbonyl (C=O) groups is 1. The van der Waals surface area contributed by atoms with Crippen LogP contribution in [0.1, 0.15) is 19.3 Å². The summed E-state index contributed by atoms with van der Waals surface area (Å²) in [6, 6.07) is 0.290. The van der Waals surface area contributed by atoms with Crippen molar-refractivity contribution in [2.24, 2.45) is 11.3 Å². The molecule has 0 radical (unpaired) electrons. The first-order valence-electron chi connectivity index (χ1n) is 9.12. The second-order valence-electron chi connectivity index (χ2n) is 8.31. The average molecular weight is 433 g/mol. The molecule has 2 heterocycles. The van der Waals surface area contributed by atoms with Crippen LogP contribution >= 0.6 is 34.8 Å². The highest BCUT2D eigenvalue weighted by Gasteiger charge is 2.69. The monoisotopic (exact) mass is 431 g/mol. The minimum absolute atomic E-state index is 0.00132. The Kier molecular flexibility index (Phi) is 3.78. The number of Topliss-reactive ketones (excluding diaryl/α,β-unsaturated/α-hetero) is 1. The zero-order chi connectivity index (χ0) is 19.4. The molecular weight excluding hydrogens is 413 g/mol. The van der Waals surface area contributed by atoms with E-state index in [1.165, 1.54) is 0 Å². The van der Waals surface area contributed by atoms with Gasteiger partial charge in [-0.2, -0.15) is 0 Å². The van der Waals surface area contributed by atoms with E-state index < -0.39 is 32.8 Å². The minimum Gasteiger partial charge on any atom is -0.487 e. The van der Waals surface area contributed by atoms with Crippen molar-refractivity contribution in [2.45, 2.75) is 46.9 Å². The van der Waals surface area contributed by atoms with Gasteiger partial charge in [-0.15, -0.1) is 0 Å². The summed E-state index contributed by atoms with van der Waals surface area (Å²) in [5.41, 5.74) is -0.574. The summed E-state index contributed by atoms with van der Waals surface area (Å²) < 4.78 is 3.92. The van der Waals surface area contributed by atoms with Crippen molar-refractivity contribution in [1.82, 2.24) is 4.90 Å². The van der Waals surface area contributed by atoms with Gasteiger partial charge in [-0.05, 0) is 32.0 Å². The van der Waals surface area contributed by atoms with E-state index in [0.717, 1.165) is 30.5 Å². The Morgan fingerprint density at radius 2 is 2.11 bits per heavy atom. The minimum atomic E-state index is -2.26. The van der Waals surface area contributed by atoms with Crippen LogP contribution in [0.15, 0.2) is 35.1 Å². The quantitative estimate of drug-likeness (QED) is 0.491. The van der Waals surface area contributed by atoms with Gasteiger partial charge in [0.15, 0.2) is 5.60 Å². The normalized spacial score (nSPS) is 45.3. The molecule has 2 aliphatic heterocycles. The van der Waals surface area contributed by atoms with Gasteiger partial charge in [-0.25, -0.2) is 0 Å². The predicted octanol–water partition coefficient (Wildman–Crippen LogP) is 2.28. The molecule has 2 bridgehead atoms. The Hall–Kier alpha value is -0.560. The number of carbonyl (C=O) groups excluding carboxylic acids is 1. The van der Waals surface area contributed by atoms with Crippen molar-refractivity contribution < 1.29 is 19.7 Å². The number of aliphatic hydroxyl groups excluding tert-OH is 1. The Morgan fingerprint density at radius 3 is 2.81 bits per heavy atom. The molecule has 8 heteroatoms. The van der Waals surface area contributed by atoms with Gasteiger partial charge in [-0.1, -0.05) is 53.0 Å². The molecule has 27 heavy (non-hydrogen) atoms. The van der Waals surface area contributed by atoms with Gasteiger partial charge in [0.1, 0.15) is 18.0 Å². The van der Waals surface area contributed by atoms with Crippen molar-refractivity contribution >= 4 is 40.6 Å². The molecule has 2 fully saturated rings. The molecule has 5 nitrogen and oxygen atoms in total. The number of nitrogens with zero attached hydrogens (tertiary/aromatic N) is 1. The van der Waals surface area contributed by atoms with E-state index in [-0.39, 0.29) is 24.1 Å². The summed E-state index contributed by atoms with van der Waals surface area (Å²) in [6.45, 7) is 0.850. The third-order valence-electron chi connectivity index (χ3n) is 7.13. The molecule has 2 N–H and O–H groups in total. The fourth-order valence-corrected chi connectivity index (χ4v) is 6.40. The zero-order valence-electron chi connectivity index (χ0n) is 14.7. The van der Waals surface area contributed by atoms with E-state index in [9.17, 15) is 15.0 Å². The van der Waals surface area contributed by atoms with Crippen LogP contribution < -0.4 is 0 Å². The molecule has 0 aromatic carbocycles. The lowest BCUT2D eigenvalue weighted by Crippen LogP contribution is -2.62. The Bertz CT molecular complexity index is 831. The summed E-state index contributed by atoms with van der Waals surface area (Å²) in [5.74, 6) is -0.599. The maximum absolute atomic E-state index is 12.8. The molecule has 1 saturated heterocycles. The van der Waals surface area contributed by atoms with Gasteiger partial charge in [0.2, 0.25) is 5.78 Å². The highest BCUT2D eigenvalue weighted by molar-refractivity contribution is 6.76. The van der Waals surface area contributed by atoms with Crippen LogP contribution in [0.2, 0.25) is 0 Å². The first-order chi connectivity index (χ1) is 12.6. The number of ether oxygens (including phenoxy) is 1. The van der Waals surface area contributed by atoms with Crippen LogP contribution in [0.5, 0.6) is 0 Å². The molecule has 0 aromatic rings. The highest BCUT2D eigenvalue weighted by atomic mass is 35.6. The number of hydrogen-bond acceptors (Lipinski definition) is 5. The Labute approximate surface area is 172 Å². The number of ketones is 1. The van der Waals surface area contributed by atoms with Crippen LogP contribution in [-0.4, -0.2) is 62.1 Å². The van der Waals surface area contributed by atoms with Gasteiger partial charge in [0.05, 0.1) is 0 Å². The molecule has 0 aromatic heterocycles.